The average Bonchev–Trinajstić information content (AvgIpc) is 2.54. The van der Waals surface area contributed by atoms with Gasteiger partial charge in [0, 0.05) is 22.2 Å². The van der Waals surface area contributed by atoms with Crippen LogP contribution in [0.1, 0.15) is 19.4 Å². The molecule has 0 atom stereocenters. The summed E-state index contributed by atoms with van der Waals surface area (Å²) in [6.07, 6.45) is 0. The highest BCUT2D eigenvalue weighted by atomic mass is 16.5. The summed E-state index contributed by atoms with van der Waals surface area (Å²) in [5.74, 6) is 0.685. The van der Waals surface area contributed by atoms with Gasteiger partial charge in [-0.1, -0.05) is 18.2 Å². The van der Waals surface area contributed by atoms with Crippen molar-refractivity contribution in [3.8, 4) is 17.0 Å². The molecule has 1 aliphatic heterocycles. The van der Waals surface area contributed by atoms with E-state index in [9.17, 15) is 4.79 Å². The summed E-state index contributed by atoms with van der Waals surface area (Å²) in [5.41, 5.74) is 4.13. The minimum Gasteiger partial charge on any atom is -0.497 e. The van der Waals surface area contributed by atoms with Gasteiger partial charge in [-0.05, 0) is 38.1 Å². The van der Waals surface area contributed by atoms with Gasteiger partial charge in [0.05, 0.1) is 23.9 Å². The summed E-state index contributed by atoms with van der Waals surface area (Å²) in [6.45, 7) is 4.06. The molecule has 0 saturated carbocycles. The number of hydrogen-bond acceptors (Lipinski definition) is 3. The fourth-order valence-electron chi connectivity index (χ4n) is 3.40. The number of benzene rings is 2. The van der Waals surface area contributed by atoms with Crippen LogP contribution in [0.5, 0.6) is 5.75 Å². The van der Waals surface area contributed by atoms with Crippen molar-refractivity contribution in [1.82, 2.24) is 4.98 Å². The number of anilines is 1. The van der Waals surface area contributed by atoms with Crippen molar-refractivity contribution in [2.75, 3.05) is 12.4 Å². The predicted octanol–water partition coefficient (Wildman–Crippen LogP) is 3.86. The standard InChI is InChI=1S/C19H18N2O2/c1-19(2)16-17(12-6-4-5-7-15(12)21-19)20-14-9-8-11(23-3)10-13(14)18(16)22/h4-10,21H,1-3H3,(H,20,22). The lowest BCUT2D eigenvalue weighted by Crippen LogP contribution is -2.37. The highest BCUT2D eigenvalue weighted by Crippen LogP contribution is 2.41. The van der Waals surface area contributed by atoms with Gasteiger partial charge < -0.3 is 15.0 Å². The smallest absolute Gasteiger partial charge is 0.195 e. The first-order valence-corrected chi connectivity index (χ1v) is 7.63. The van der Waals surface area contributed by atoms with Gasteiger partial charge in [-0.25, -0.2) is 0 Å². The van der Waals surface area contributed by atoms with Crippen LogP contribution in [0.15, 0.2) is 47.3 Å². The molecule has 0 amide bonds. The molecule has 4 nitrogen and oxygen atoms in total. The van der Waals surface area contributed by atoms with Crippen molar-refractivity contribution < 1.29 is 4.74 Å². The average molecular weight is 306 g/mol. The zero-order chi connectivity index (χ0) is 16.2. The van der Waals surface area contributed by atoms with Crippen molar-refractivity contribution in [3.05, 3.63) is 58.3 Å². The summed E-state index contributed by atoms with van der Waals surface area (Å²) in [5, 5.41) is 4.13. The fourth-order valence-corrected chi connectivity index (χ4v) is 3.40. The topological polar surface area (TPSA) is 54.1 Å². The Morgan fingerprint density at radius 3 is 2.65 bits per heavy atom. The molecular weight excluding hydrogens is 288 g/mol. The van der Waals surface area contributed by atoms with E-state index in [1.54, 1.807) is 13.2 Å². The first-order valence-electron chi connectivity index (χ1n) is 7.63. The number of nitrogens with one attached hydrogen (secondary N) is 2. The molecule has 4 heteroatoms. The molecule has 0 bridgehead atoms. The normalized spacial score (nSPS) is 14.7. The lowest BCUT2D eigenvalue weighted by Gasteiger charge is -2.35. The van der Waals surface area contributed by atoms with E-state index in [2.05, 4.69) is 10.3 Å². The van der Waals surface area contributed by atoms with Crippen LogP contribution in [0.2, 0.25) is 0 Å². The van der Waals surface area contributed by atoms with E-state index in [0.29, 0.717) is 11.1 Å². The lowest BCUT2D eigenvalue weighted by molar-refractivity contribution is 0.415. The number of H-pyrrole nitrogens is 1. The summed E-state index contributed by atoms with van der Waals surface area (Å²) in [4.78, 5) is 16.6. The number of methoxy groups -OCH3 is 1. The van der Waals surface area contributed by atoms with E-state index in [1.165, 1.54) is 0 Å². The Morgan fingerprint density at radius 2 is 1.87 bits per heavy atom. The highest BCUT2D eigenvalue weighted by Gasteiger charge is 2.33. The molecule has 0 radical (unpaired) electrons. The fraction of sp³-hybridized carbons (Fsp3) is 0.211. The monoisotopic (exact) mass is 306 g/mol. The van der Waals surface area contributed by atoms with E-state index >= 15 is 0 Å². The maximum absolute atomic E-state index is 13.2. The van der Waals surface area contributed by atoms with Crippen molar-refractivity contribution >= 4 is 16.6 Å². The molecule has 2 aromatic carbocycles. The molecule has 2 heterocycles. The van der Waals surface area contributed by atoms with Gasteiger partial charge in [0.15, 0.2) is 5.43 Å². The maximum atomic E-state index is 13.2. The number of aromatic amines is 1. The van der Waals surface area contributed by atoms with E-state index in [-0.39, 0.29) is 5.43 Å². The molecule has 1 aliphatic rings. The third-order valence-electron chi connectivity index (χ3n) is 4.48. The van der Waals surface area contributed by atoms with Crippen molar-refractivity contribution in [3.63, 3.8) is 0 Å². The van der Waals surface area contributed by atoms with Crippen molar-refractivity contribution in [2.24, 2.45) is 0 Å². The van der Waals surface area contributed by atoms with Crippen LogP contribution in [-0.2, 0) is 5.54 Å². The van der Waals surface area contributed by atoms with Crippen LogP contribution in [0, 0.1) is 0 Å². The number of para-hydroxylation sites is 1. The molecule has 0 aliphatic carbocycles. The molecular formula is C19H18N2O2. The summed E-state index contributed by atoms with van der Waals surface area (Å²) >= 11 is 0. The molecule has 3 aromatic rings. The van der Waals surface area contributed by atoms with Crippen LogP contribution in [-0.4, -0.2) is 12.1 Å². The first kappa shape index (κ1) is 13.9. The molecule has 0 spiro atoms. The van der Waals surface area contributed by atoms with Crippen LogP contribution in [0.4, 0.5) is 5.69 Å². The highest BCUT2D eigenvalue weighted by molar-refractivity contribution is 5.90. The number of ether oxygens (including phenoxy) is 1. The minimum absolute atomic E-state index is 0.0413. The van der Waals surface area contributed by atoms with Gasteiger partial charge in [-0.15, -0.1) is 0 Å². The number of aromatic nitrogens is 1. The molecule has 0 fully saturated rings. The van der Waals surface area contributed by atoms with Crippen molar-refractivity contribution in [2.45, 2.75) is 19.4 Å². The zero-order valence-corrected chi connectivity index (χ0v) is 13.4. The van der Waals surface area contributed by atoms with Crippen LogP contribution < -0.4 is 15.5 Å². The minimum atomic E-state index is -0.450. The Labute approximate surface area is 134 Å². The second-order valence-corrected chi connectivity index (χ2v) is 6.41. The Kier molecular flexibility index (Phi) is 2.79. The SMILES string of the molecule is COc1ccc2[nH]c3c(c(=O)c2c1)C(C)(C)Nc1ccccc1-3. The molecule has 4 rings (SSSR count). The van der Waals surface area contributed by atoms with Crippen LogP contribution in [0.3, 0.4) is 0 Å². The largest absolute Gasteiger partial charge is 0.497 e. The number of fused-ring (bicyclic) bond motifs is 4. The van der Waals surface area contributed by atoms with Gasteiger partial charge >= 0.3 is 0 Å². The van der Waals surface area contributed by atoms with Crippen LogP contribution >= 0.6 is 0 Å². The lowest BCUT2D eigenvalue weighted by atomic mass is 9.84. The Balaban J connectivity index is 2.14. The third-order valence-corrected chi connectivity index (χ3v) is 4.48. The predicted molar refractivity (Wildman–Crippen MR) is 93.2 cm³/mol. The molecule has 0 saturated heterocycles. The first-order chi connectivity index (χ1) is 11.0. The van der Waals surface area contributed by atoms with Gasteiger partial charge in [0.2, 0.25) is 0 Å². The second-order valence-electron chi connectivity index (χ2n) is 6.41. The number of hydrogen-bond donors (Lipinski definition) is 2. The van der Waals surface area contributed by atoms with Crippen LogP contribution in [0.25, 0.3) is 22.2 Å². The van der Waals surface area contributed by atoms with Gasteiger partial charge in [0.25, 0.3) is 0 Å². The molecule has 23 heavy (non-hydrogen) atoms. The number of rotatable bonds is 1. The second kappa shape index (κ2) is 4.62. The van der Waals surface area contributed by atoms with Gasteiger partial charge in [0.1, 0.15) is 5.75 Å². The van der Waals surface area contributed by atoms with E-state index in [1.807, 2.05) is 50.2 Å². The molecule has 2 N–H and O–H groups in total. The van der Waals surface area contributed by atoms with Gasteiger partial charge in [-0.3, -0.25) is 4.79 Å². The Hall–Kier alpha value is -2.75. The zero-order valence-electron chi connectivity index (χ0n) is 13.4. The number of pyridine rings is 1. The van der Waals surface area contributed by atoms with E-state index in [0.717, 1.165) is 28.0 Å². The Morgan fingerprint density at radius 1 is 1.09 bits per heavy atom. The molecule has 116 valence electrons. The molecule has 1 aromatic heterocycles. The van der Waals surface area contributed by atoms with Crippen molar-refractivity contribution in [1.29, 1.82) is 0 Å². The Bertz CT molecular complexity index is 986. The summed E-state index contributed by atoms with van der Waals surface area (Å²) < 4.78 is 5.26. The van der Waals surface area contributed by atoms with E-state index in [4.69, 9.17) is 4.74 Å². The third kappa shape index (κ3) is 1.95. The summed E-state index contributed by atoms with van der Waals surface area (Å²) in [6, 6.07) is 13.6. The summed E-state index contributed by atoms with van der Waals surface area (Å²) in [7, 11) is 1.61. The van der Waals surface area contributed by atoms with Gasteiger partial charge in [-0.2, -0.15) is 0 Å². The quantitative estimate of drug-likeness (QED) is 0.717. The maximum Gasteiger partial charge on any atom is 0.195 e. The van der Waals surface area contributed by atoms with E-state index < -0.39 is 5.54 Å². The molecule has 0 unspecified atom stereocenters.